The molecular weight excluding hydrogens is 390 g/mol. The molecule has 1 fully saturated rings. The van der Waals surface area contributed by atoms with Crippen molar-refractivity contribution in [2.45, 2.75) is 5.92 Å². The van der Waals surface area contributed by atoms with Crippen molar-refractivity contribution in [3.63, 3.8) is 0 Å². The third-order valence-corrected chi connectivity index (χ3v) is 5.74. The number of nitrogens with zero attached hydrogens (tertiary/aromatic N) is 4. The van der Waals surface area contributed by atoms with Gasteiger partial charge in [-0.1, -0.05) is 23.4 Å². The van der Waals surface area contributed by atoms with Crippen molar-refractivity contribution < 1.29 is 14.1 Å². The second-order valence-electron chi connectivity index (χ2n) is 6.74. The van der Waals surface area contributed by atoms with E-state index in [9.17, 15) is 4.79 Å². The lowest BCUT2D eigenvalue weighted by Gasteiger charge is -2.36. The zero-order valence-electron chi connectivity index (χ0n) is 15.5. The van der Waals surface area contributed by atoms with Gasteiger partial charge < -0.3 is 14.2 Å². The smallest absolute Gasteiger partial charge is 0.271 e. The van der Waals surface area contributed by atoms with E-state index in [-0.39, 0.29) is 11.8 Å². The molecule has 5 rings (SSSR count). The number of likely N-dealkylation sites (tertiary alicyclic amines) is 1. The molecule has 0 aliphatic carbocycles. The van der Waals surface area contributed by atoms with E-state index in [0.29, 0.717) is 36.2 Å². The van der Waals surface area contributed by atoms with Crippen LogP contribution in [0.25, 0.3) is 22.0 Å². The standard InChI is InChI=1S/C20H17N5O3S/c1-27-14-5-2-4-12(8-14)15-9-16(23-22-15)20(26)25-10-13(11-25)19-21-18(24-28-19)17-6-3-7-29-17/h2-9,13H,10-11H2,1H3,(H,22,23). The highest BCUT2D eigenvalue weighted by molar-refractivity contribution is 7.13. The van der Waals surface area contributed by atoms with E-state index < -0.39 is 0 Å². The molecule has 29 heavy (non-hydrogen) atoms. The predicted molar refractivity (Wildman–Crippen MR) is 107 cm³/mol. The number of rotatable bonds is 5. The largest absolute Gasteiger partial charge is 0.497 e. The monoisotopic (exact) mass is 407 g/mol. The van der Waals surface area contributed by atoms with Crippen LogP contribution in [0.4, 0.5) is 0 Å². The Morgan fingerprint density at radius 2 is 2.17 bits per heavy atom. The molecule has 3 aromatic heterocycles. The van der Waals surface area contributed by atoms with Gasteiger partial charge in [0.2, 0.25) is 11.7 Å². The van der Waals surface area contributed by atoms with Crippen LogP contribution in [-0.2, 0) is 0 Å². The van der Waals surface area contributed by atoms with E-state index in [0.717, 1.165) is 16.2 Å². The lowest BCUT2D eigenvalue weighted by Crippen LogP contribution is -2.48. The molecule has 4 heterocycles. The van der Waals surface area contributed by atoms with Gasteiger partial charge in [0.15, 0.2) is 0 Å². The summed E-state index contributed by atoms with van der Waals surface area (Å²) < 4.78 is 10.6. The summed E-state index contributed by atoms with van der Waals surface area (Å²) in [5, 5.41) is 13.1. The summed E-state index contributed by atoms with van der Waals surface area (Å²) in [6.07, 6.45) is 0. The lowest BCUT2D eigenvalue weighted by molar-refractivity contribution is 0.0563. The fraction of sp³-hybridized carbons (Fsp3) is 0.200. The topological polar surface area (TPSA) is 97.1 Å². The zero-order valence-corrected chi connectivity index (χ0v) is 16.3. The number of methoxy groups -OCH3 is 1. The first-order valence-electron chi connectivity index (χ1n) is 9.08. The summed E-state index contributed by atoms with van der Waals surface area (Å²) in [5.41, 5.74) is 2.03. The van der Waals surface area contributed by atoms with Crippen LogP contribution in [0.3, 0.4) is 0 Å². The number of aromatic nitrogens is 4. The van der Waals surface area contributed by atoms with E-state index in [1.807, 2.05) is 41.8 Å². The normalized spacial score (nSPS) is 14.0. The quantitative estimate of drug-likeness (QED) is 0.544. The molecule has 0 saturated carbocycles. The predicted octanol–water partition coefficient (Wildman–Crippen LogP) is 3.44. The fourth-order valence-corrected chi connectivity index (χ4v) is 3.89. The Balaban J connectivity index is 1.24. The maximum Gasteiger partial charge on any atom is 0.271 e. The first-order valence-corrected chi connectivity index (χ1v) is 9.96. The minimum atomic E-state index is -0.0964. The summed E-state index contributed by atoms with van der Waals surface area (Å²) in [6, 6.07) is 13.2. The maximum atomic E-state index is 12.7. The number of carbonyl (C=O) groups excluding carboxylic acids is 1. The van der Waals surface area contributed by atoms with Gasteiger partial charge in [-0.25, -0.2) is 0 Å². The third-order valence-electron chi connectivity index (χ3n) is 4.88. The highest BCUT2D eigenvalue weighted by atomic mass is 32.1. The van der Waals surface area contributed by atoms with E-state index >= 15 is 0 Å². The number of hydrogen-bond acceptors (Lipinski definition) is 7. The van der Waals surface area contributed by atoms with Gasteiger partial charge in [0.1, 0.15) is 11.4 Å². The second-order valence-corrected chi connectivity index (χ2v) is 7.69. The van der Waals surface area contributed by atoms with Crippen molar-refractivity contribution >= 4 is 17.2 Å². The van der Waals surface area contributed by atoms with Gasteiger partial charge in [-0.05, 0) is 29.6 Å². The second kappa shape index (κ2) is 7.17. The number of carbonyl (C=O) groups is 1. The first-order chi connectivity index (χ1) is 14.2. The van der Waals surface area contributed by atoms with Crippen LogP contribution >= 0.6 is 11.3 Å². The Bertz CT molecular complexity index is 1140. The molecule has 1 saturated heterocycles. The molecule has 146 valence electrons. The Morgan fingerprint density at radius 1 is 1.28 bits per heavy atom. The van der Waals surface area contributed by atoms with Gasteiger partial charge >= 0.3 is 0 Å². The molecule has 0 spiro atoms. The lowest BCUT2D eigenvalue weighted by atomic mass is 9.99. The van der Waals surface area contributed by atoms with Crippen LogP contribution in [0.2, 0.25) is 0 Å². The van der Waals surface area contributed by atoms with Crippen LogP contribution < -0.4 is 4.74 Å². The van der Waals surface area contributed by atoms with Crippen LogP contribution in [0.1, 0.15) is 22.3 Å². The molecule has 1 aromatic carbocycles. The van der Waals surface area contributed by atoms with E-state index in [1.54, 1.807) is 29.4 Å². The molecule has 9 heteroatoms. The number of hydrogen-bond donors (Lipinski definition) is 1. The van der Waals surface area contributed by atoms with Gasteiger partial charge in [-0.2, -0.15) is 10.1 Å². The first kappa shape index (κ1) is 17.6. The summed E-state index contributed by atoms with van der Waals surface area (Å²) in [6.45, 7) is 1.08. The molecule has 0 unspecified atom stereocenters. The van der Waals surface area contributed by atoms with E-state index in [4.69, 9.17) is 9.26 Å². The van der Waals surface area contributed by atoms with Gasteiger partial charge in [-0.3, -0.25) is 9.89 Å². The fourth-order valence-electron chi connectivity index (χ4n) is 3.24. The van der Waals surface area contributed by atoms with E-state index in [1.165, 1.54) is 0 Å². The highest BCUT2D eigenvalue weighted by Gasteiger charge is 2.36. The zero-order chi connectivity index (χ0) is 19.8. The molecule has 4 aromatic rings. The molecule has 0 bridgehead atoms. The van der Waals surface area contributed by atoms with Crippen LogP contribution in [0.15, 0.2) is 52.4 Å². The van der Waals surface area contributed by atoms with E-state index in [2.05, 4.69) is 20.3 Å². The van der Waals surface area contributed by atoms with Crippen LogP contribution in [0.5, 0.6) is 5.75 Å². The minimum Gasteiger partial charge on any atom is -0.497 e. The van der Waals surface area contributed by atoms with Gasteiger partial charge in [-0.15, -0.1) is 11.3 Å². The van der Waals surface area contributed by atoms with Crippen molar-refractivity contribution in [1.29, 1.82) is 0 Å². The molecule has 8 nitrogen and oxygen atoms in total. The summed E-state index contributed by atoms with van der Waals surface area (Å²) in [5.74, 6) is 1.86. The Kier molecular flexibility index (Phi) is 4.36. The number of ether oxygens (including phenoxy) is 1. The molecule has 1 aliphatic rings. The van der Waals surface area contributed by atoms with Gasteiger partial charge in [0.05, 0.1) is 23.6 Å². The molecule has 1 amide bonds. The van der Waals surface area contributed by atoms with Crippen molar-refractivity contribution in [1.82, 2.24) is 25.2 Å². The van der Waals surface area contributed by atoms with Crippen molar-refractivity contribution in [2.24, 2.45) is 0 Å². The number of benzene rings is 1. The third kappa shape index (κ3) is 3.29. The number of nitrogens with one attached hydrogen (secondary N) is 1. The number of amides is 1. The van der Waals surface area contributed by atoms with Gasteiger partial charge in [0, 0.05) is 18.7 Å². The number of thiophene rings is 1. The Morgan fingerprint density at radius 3 is 2.97 bits per heavy atom. The number of aromatic amines is 1. The average molecular weight is 407 g/mol. The van der Waals surface area contributed by atoms with Crippen LogP contribution in [0, 0.1) is 0 Å². The van der Waals surface area contributed by atoms with Crippen molar-refractivity contribution in [3.05, 3.63) is 59.4 Å². The van der Waals surface area contributed by atoms with Gasteiger partial charge in [0.25, 0.3) is 5.91 Å². The Labute approximate surface area is 170 Å². The van der Waals surface area contributed by atoms with Crippen molar-refractivity contribution in [2.75, 3.05) is 20.2 Å². The molecule has 1 aliphatic heterocycles. The average Bonchev–Trinajstić information content (AvgIpc) is 3.47. The molecule has 0 radical (unpaired) electrons. The number of H-pyrrole nitrogens is 1. The highest BCUT2D eigenvalue weighted by Crippen LogP contribution is 2.30. The molecule has 1 N–H and O–H groups in total. The Hall–Kier alpha value is -3.46. The van der Waals surface area contributed by atoms with Crippen molar-refractivity contribution in [3.8, 4) is 27.7 Å². The summed E-state index contributed by atoms with van der Waals surface area (Å²) in [4.78, 5) is 19.9. The SMILES string of the molecule is COc1cccc(-c2cc(C(=O)N3CC(c4nc(-c5cccs5)no4)C3)[nH]n2)c1. The minimum absolute atomic E-state index is 0.0564. The molecule has 0 atom stereocenters. The van der Waals surface area contributed by atoms with Crippen LogP contribution in [-0.4, -0.2) is 51.3 Å². The summed E-state index contributed by atoms with van der Waals surface area (Å²) >= 11 is 1.56. The summed E-state index contributed by atoms with van der Waals surface area (Å²) in [7, 11) is 1.62. The maximum absolute atomic E-state index is 12.7. The molecular formula is C20H17N5O3S.